The van der Waals surface area contributed by atoms with Gasteiger partial charge in [0.1, 0.15) is 16.5 Å². The van der Waals surface area contributed by atoms with Crippen LogP contribution in [0.1, 0.15) is 40.8 Å². The van der Waals surface area contributed by atoms with E-state index in [1.165, 1.54) is 41.2 Å². The summed E-state index contributed by atoms with van der Waals surface area (Å²) >= 11 is 1.29. The summed E-state index contributed by atoms with van der Waals surface area (Å²) in [5.74, 6) is -0.371. The van der Waals surface area contributed by atoms with E-state index in [0.717, 1.165) is 0 Å². The van der Waals surface area contributed by atoms with Crippen LogP contribution >= 0.6 is 11.3 Å². The molecule has 7 nitrogen and oxygen atoms in total. The van der Waals surface area contributed by atoms with Crippen LogP contribution in [0.3, 0.4) is 0 Å². The van der Waals surface area contributed by atoms with Gasteiger partial charge in [0.2, 0.25) is 0 Å². The first-order valence-electron chi connectivity index (χ1n) is 10.5. The Morgan fingerprint density at radius 1 is 1.06 bits per heavy atom. The minimum atomic E-state index is -0.401. The van der Waals surface area contributed by atoms with E-state index >= 15 is 0 Å². The van der Waals surface area contributed by atoms with Crippen molar-refractivity contribution >= 4 is 34.6 Å². The number of rotatable bonds is 9. The first-order valence-corrected chi connectivity index (χ1v) is 11.4. The van der Waals surface area contributed by atoms with Crippen molar-refractivity contribution in [1.82, 2.24) is 9.88 Å². The molecule has 0 saturated heterocycles. The van der Waals surface area contributed by atoms with Gasteiger partial charge in [0, 0.05) is 30.4 Å². The molecule has 1 aromatic heterocycles. The fourth-order valence-corrected chi connectivity index (χ4v) is 3.78. The van der Waals surface area contributed by atoms with Crippen molar-refractivity contribution in [2.24, 2.45) is 0 Å². The fraction of sp³-hybridized carbons (Fsp3) is 0.292. The summed E-state index contributed by atoms with van der Waals surface area (Å²) in [4.78, 5) is 31.3. The molecule has 2 aromatic carbocycles. The second-order valence-electron chi connectivity index (χ2n) is 7.71. The van der Waals surface area contributed by atoms with Crippen LogP contribution in [0.25, 0.3) is 0 Å². The summed E-state index contributed by atoms with van der Waals surface area (Å²) in [6.45, 7) is 5.18. The molecule has 3 aromatic rings. The Labute approximate surface area is 196 Å². The summed E-state index contributed by atoms with van der Waals surface area (Å²) in [5.41, 5.74) is 2.60. The van der Waals surface area contributed by atoms with Gasteiger partial charge in [-0.2, -0.15) is 0 Å². The van der Waals surface area contributed by atoms with Gasteiger partial charge >= 0.3 is 6.03 Å². The summed E-state index contributed by atoms with van der Waals surface area (Å²) < 4.78 is 18.2. The molecule has 2 N–H and O–H groups in total. The number of hydrogen-bond donors (Lipinski definition) is 2. The number of nitrogens with zero attached hydrogens (tertiary/aromatic N) is 2. The number of nitrogens with one attached hydrogen (secondary N) is 2. The Morgan fingerprint density at radius 3 is 2.33 bits per heavy atom. The van der Waals surface area contributed by atoms with E-state index in [-0.39, 0.29) is 24.1 Å². The van der Waals surface area contributed by atoms with Gasteiger partial charge < -0.3 is 20.3 Å². The second-order valence-corrected chi connectivity index (χ2v) is 8.65. The highest BCUT2D eigenvalue weighted by Crippen LogP contribution is 2.19. The van der Waals surface area contributed by atoms with E-state index in [4.69, 9.17) is 4.74 Å². The molecular formula is C24H27FN4O3S. The summed E-state index contributed by atoms with van der Waals surface area (Å²) in [6, 6.07) is 13.0. The third-order valence-corrected chi connectivity index (χ3v) is 5.73. The molecule has 3 rings (SSSR count). The number of carbonyl (C=O) groups excluding carboxylic acids is 2. The Kier molecular flexibility index (Phi) is 8.51. The largest absolute Gasteiger partial charge is 0.383 e. The first kappa shape index (κ1) is 24.3. The second kappa shape index (κ2) is 11.5. The smallest absolute Gasteiger partial charge is 0.322 e. The van der Waals surface area contributed by atoms with E-state index in [9.17, 15) is 14.0 Å². The number of methoxy groups -OCH3 is 1. The minimum absolute atomic E-state index is 0.230. The first-order chi connectivity index (χ1) is 15.9. The van der Waals surface area contributed by atoms with Crippen molar-refractivity contribution in [2.75, 3.05) is 30.9 Å². The molecule has 0 radical (unpaired) electrons. The quantitative estimate of drug-likeness (QED) is 0.442. The van der Waals surface area contributed by atoms with Gasteiger partial charge in [-0.05, 0) is 47.9 Å². The van der Waals surface area contributed by atoms with E-state index in [1.54, 1.807) is 17.4 Å². The highest BCUT2D eigenvalue weighted by atomic mass is 32.1. The maximum atomic E-state index is 13.0. The summed E-state index contributed by atoms with van der Waals surface area (Å²) in [7, 11) is 1.57. The van der Waals surface area contributed by atoms with E-state index < -0.39 is 5.91 Å². The van der Waals surface area contributed by atoms with Crippen molar-refractivity contribution in [1.29, 1.82) is 0 Å². The number of carbonyl (C=O) groups is 2. The van der Waals surface area contributed by atoms with Gasteiger partial charge in [-0.1, -0.05) is 26.0 Å². The number of hydrogen-bond acceptors (Lipinski definition) is 5. The standard InChI is InChI=1S/C24H27FN4O3S/c1-16(2)17-4-8-20(9-5-17)27-24(31)29(12-13-32-3)14-22-28-21(15-33-22)23(30)26-19-10-6-18(25)7-11-19/h4-11,15-16H,12-14H2,1-3H3,(H,26,30)(H,27,31). The van der Waals surface area contributed by atoms with E-state index in [2.05, 4.69) is 29.5 Å². The van der Waals surface area contributed by atoms with Gasteiger partial charge in [-0.15, -0.1) is 11.3 Å². The number of halogens is 1. The SMILES string of the molecule is COCCN(Cc1nc(C(=O)Nc2ccc(F)cc2)cs1)C(=O)Nc1ccc(C(C)C)cc1. The monoisotopic (exact) mass is 470 g/mol. The van der Waals surface area contributed by atoms with Crippen LogP contribution in [0.15, 0.2) is 53.9 Å². The number of anilines is 2. The minimum Gasteiger partial charge on any atom is -0.383 e. The van der Waals surface area contributed by atoms with Crippen molar-refractivity contribution in [3.8, 4) is 0 Å². The molecule has 0 unspecified atom stereocenters. The summed E-state index contributed by atoms with van der Waals surface area (Å²) in [6.07, 6.45) is 0. The van der Waals surface area contributed by atoms with Gasteiger partial charge in [0.25, 0.3) is 5.91 Å². The van der Waals surface area contributed by atoms with Crippen LogP contribution in [0.2, 0.25) is 0 Å². The average molecular weight is 471 g/mol. The maximum Gasteiger partial charge on any atom is 0.322 e. The van der Waals surface area contributed by atoms with Crippen LogP contribution < -0.4 is 10.6 Å². The molecule has 0 spiro atoms. The molecule has 1 heterocycles. The van der Waals surface area contributed by atoms with Crippen molar-refractivity contribution in [3.05, 3.63) is 76.0 Å². The highest BCUT2D eigenvalue weighted by molar-refractivity contribution is 7.09. The molecule has 33 heavy (non-hydrogen) atoms. The Bertz CT molecular complexity index is 1070. The van der Waals surface area contributed by atoms with Crippen LogP contribution in [0, 0.1) is 5.82 Å². The third kappa shape index (κ3) is 7.10. The predicted molar refractivity (Wildman–Crippen MR) is 128 cm³/mol. The molecule has 0 saturated carbocycles. The lowest BCUT2D eigenvalue weighted by atomic mass is 10.0. The lowest BCUT2D eigenvalue weighted by Crippen LogP contribution is -2.36. The number of ether oxygens (including phenoxy) is 1. The van der Waals surface area contributed by atoms with Gasteiger partial charge in [-0.3, -0.25) is 4.79 Å². The maximum absolute atomic E-state index is 13.0. The molecule has 174 valence electrons. The number of amides is 3. The summed E-state index contributed by atoms with van der Waals surface area (Å²) in [5, 5.41) is 7.82. The van der Waals surface area contributed by atoms with Crippen LogP contribution in [0.5, 0.6) is 0 Å². The van der Waals surface area contributed by atoms with Gasteiger partial charge in [0.15, 0.2) is 0 Å². The van der Waals surface area contributed by atoms with Gasteiger partial charge in [0.05, 0.1) is 13.2 Å². The van der Waals surface area contributed by atoms with Crippen LogP contribution in [0.4, 0.5) is 20.6 Å². The number of thiazole rings is 1. The normalized spacial score (nSPS) is 10.8. The zero-order chi connectivity index (χ0) is 23.8. The van der Waals surface area contributed by atoms with Crippen LogP contribution in [-0.4, -0.2) is 42.1 Å². The van der Waals surface area contributed by atoms with E-state index in [1.807, 2.05) is 24.3 Å². The lowest BCUT2D eigenvalue weighted by molar-refractivity contribution is 0.102. The molecule has 0 aliphatic rings. The fourth-order valence-electron chi connectivity index (χ4n) is 2.99. The molecule has 3 amide bonds. The molecule has 0 atom stereocenters. The topological polar surface area (TPSA) is 83.6 Å². The number of urea groups is 1. The Balaban J connectivity index is 1.64. The lowest BCUT2D eigenvalue weighted by Gasteiger charge is -2.22. The molecule has 0 aliphatic carbocycles. The molecule has 0 aliphatic heterocycles. The highest BCUT2D eigenvalue weighted by Gasteiger charge is 2.18. The predicted octanol–water partition coefficient (Wildman–Crippen LogP) is 5.34. The van der Waals surface area contributed by atoms with Crippen LogP contribution in [-0.2, 0) is 11.3 Å². The Hall–Kier alpha value is -3.30. The van der Waals surface area contributed by atoms with E-state index in [0.29, 0.717) is 35.5 Å². The third-order valence-electron chi connectivity index (χ3n) is 4.89. The average Bonchev–Trinajstić information content (AvgIpc) is 3.27. The Morgan fingerprint density at radius 2 is 1.70 bits per heavy atom. The number of benzene rings is 2. The van der Waals surface area contributed by atoms with Gasteiger partial charge in [-0.25, -0.2) is 14.2 Å². The van der Waals surface area contributed by atoms with Crippen molar-refractivity contribution < 1.29 is 18.7 Å². The molecule has 9 heteroatoms. The van der Waals surface area contributed by atoms with Crippen molar-refractivity contribution in [2.45, 2.75) is 26.3 Å². The molecule has 0 bridgehead atoms. The number of aromatic nitrogens is 1. The zero-order valence-corrected chi connectivity index (χ0v) is 19.6. The van der Waals surface area contributed by atoms with Crippen molar-refractivity contribution in [3.63, 3.8) is 0 Å². The molecular weight excluding hydrogens is 443 g/mol. The molecule has 0 fully saturated rings. The zero-order valence-electron chi connectivity index (χ0n) is 18.8.